The van der Waals surface area contributed by atoms with Crippen molar-refractivity contribution in [1.29, 1.82) is 0 Å². The molecule has 1 aliphatic carbocycles. The fourth-order valence-corrected chi connectivity index (χ4v) is 2.60. The summed E-state index contributed by atoms with van der Waals surface area (Å²) in [6.45, 7) is 0.871. The molecular weight excluding hydrogens is 154 g/mol. The van der Waals surface area contributed by atoms with E-state index in [1.54, 1.807) is 0 Å². The summed E-state index contributed by atoms with van der Waals surface area (Å²) in [5.74, 6) is 0. The molecular formula is C9H11NO2. The summed E-state index contributed by atoms with van der Waals surface area (Å²) in [4.78, 5) is 13.3. The minimum absolute atomic E-state index is 0.0556. The minimum Gasteiger partial charge on any atom is -0.442 e. The normalized spacial score (nSPS) is 43.2. The summed E-state index contributed by atoms with van der Waals surface area (Å²) in [5.41, 5.74) is 0.0556. The van der Waals surface area contributed by atoms with Gasteiger partial charge in [-0.15, -0.1) is 0 Å². The summed E-state index contributed by atoms with van der Waals surface area (Å²) in [6.07, 6.45) is 7.36. The summed E-state index contributed by atoms with van der Waals surface area (Å²) in [5, 5.41) is 0. The number of carbonyl (C=O) groups excluding carboxylic acids is 1. The molecule has 1 spiro atoms. The second kappa shape index (κ2) is 1.84. The van der Waals surface area contributed by atoms with Gasteiger partial charge in [0.25, 0.3) is 0 Å². The van der Waals surface area contributed by atoms with E-state index in [4.69, 9.17) is 4.74 Å². The number of amides is 1. The van der Waals surface area contributed by atoms with Crippen molar-refractivity contribution in [2.24, 2.45) is 0 Å². The Kier molecular flexibility index (Phi) is 1.000. The van der Waals surface area contributed by atoms with E-state index < -0.39 is 0 Å². The molecule has 3 heteroatoms. The first-order chi connectivity index (χ1) is 5.80. The fraction of sp³-hybridized carbons (Fsp3) is 0.667. The van der Waals surface area contributed by atoms with E-state index in [1.165, 1.54) is 0 Å². The molecule has 64 valence electrons. The lowest BCUT2D eigenvalue weighted by Gasteiger charge is -2.37. The molecule has 2 fully saturated rings. The van der Waals surface area contributed by atoms with Crippen LogP contribution in [0, 0.1) is 0 Å². The highest BCUT2D eigenvalue weighted by atomic mass is 16.6. The van der Waals surface area contributed by atoms with E-state index in [0.717, 1.165) is 25.8 Å². The van der Waals surface area contributed by atoms with Gasteiger partial charge in [0.15, 0.2) is 0 Å². The van der Waals surface area contributed by atoms with E-state index >= 15 is 0 Å². The smallest absolute Gasteiger partial charge is 0.411 e. The van der Waals surface area contributed by atoms with Crippen LogP contribution >= 0.6 is 0 Å². The van der Waals surface area contributed by atoms with E-state index in [-0.39, 0.29) is 17.7 Å². The fourth-order valence-electron chi connectivity index (χ4n) is 2.60. The summed E-state index contributed by atoms with van der Waals surface area (Å²) in [7, 11) is 0. The standard InChI is InChI=1S/C9H11NO2/c11-8-10-5-1-3-9(10)4-2-7(6-9)12-8/h2,4,7H,1,3,5-6H2/t7?,9-/m0/s1. The van der Waals surface area contributed by atoms with Crippen LogP contribution in [0.25, 0.3) is 0 Å². The Morgan fingerprint density at radius 3 is 3.50 bits per heavy atom. The highest BCUT2D eigenvalue weighted by molar-refractivity contribution is 5.72. The van der Waals surface area contributed by atoms with Crippen molar-refractivity contribution in [1.82, 2.24) is 4.90 Å². The minimum atomic E-state index is -0.117. The molecule has 3 nitrogen and oxygen atoms in total. The highest BCUT2D eigenvalue weighted by Crippen LogP contribution is 2.43. The maximum Gasteiger partial charge on any atom is 0.411 e. The van der Waals surface area contributed by atoms with E-state index in [1.807, 2.05) is 11.0 Å². The third-order valence-corrected chi connectivity index (χ3v) is 3.18. The van der Waals surface area contributed by atoms with E-state index in [2.05, 4.69) is 6.08 Å². The molecule has 1 unspecified atom stereocenters. The predicted octanol–water partition coefficient (Wildman–Crippen LogP) is 1.30. The molecule has 12 heavy (non-hydrogen) atoms. The summed E-state index contributed by atoms with van der Waals surface area (Å²) < 4.78 is 5.19. The van der Waals surface area contributed by atoms with Crippen LogP contribution in [-0.2, 0) is 4.74 Å². The number of nitrogens with zero attached hydrogens (tertiary/aromatic N) is 1. The number of hydrogen-bond donors (Lipinski definition) is 0. The molecule has 0 saturated carbocycles. The van der Waals surface area contributed by atoms with Crippen LogP contribution in [0.3, 0.4) is 0 Å². The van der Waals surface area contributed by atoms with E-state index in [9.17, 15) is 4.79 Å². The van der Waals surface area contributed by atoms with Gasteiger partial charge in [-0.1, -0.05) is 6.08 Å². The Balaban J connectivity index is 2.06. The van der Waals surface area contributed by atoms with Crippen molar-refractivity contribution in [3.05, 3.63) is 12.2 Å². The van der Waals surface area contributed by atoms with Crippen LogP contribution in [0.15, 0.2) is 12.2 Å². The molecule has 2 atom stereocenters. The van der Waals surface area contributed by atoms with Crippen LogP contribution in [-0.4, -0.2) is 29.2 Å². The molecule has 2 bridgehead atoms. The topological polar surface area (TPSA) is 29.5 Å². The van der Waals surface area contributed by atoms with Gasteiger partial charge in [-0.3, -0.25) is 4.90 Å². The molecule has 3 rings (SSSR count). The zero-order valence-electron chi connectivity index (χ0n) is 6.82. The van der Waals surface area contributed by atoms with E-state index in [0.29, 0.717) is 0 Å². The third kappa shape index (κ3) is 0.601. The van der Waals surface area contributed by atoms with Gasteiger partial charge in [-0.2, -0.15) is 0 Å². The Morgan fingerprint density at radius 2 is 2.58 bits per heavy atom. The average molecular weight is 165 g/mol. The lowest BCUT2D eigenvalue weighted by atomic mass is 9.94. The molecule has 1 amide bonds. The first kappa shape index (κ1) is 6.52. The number of hydrogen-bond acceptors (Lipinski definition) is 2. The van der Waals surface area contributed by atoms with Crippen molar-refractivity contribution in [2.75, 3.05) is 6.54 Å². The van der Waals surface area contributed by atoms with Crippen LogP contribution in [0.2, 0.25) is 0 Å². The Morgan fingerprint density at radius 1 is 1.67 bits per heavy atom. The van der Waals surface area contributed by atoms with Crippen molar-refractivity contribution >= 4 is 6.09 Å². The van der Waals surface area contributed by atoms with Crippen LogP contribution in [0.1, 0.15) is 19.3 Å². The number of fused-ring (bicyclic) bond motifs is 1. The molecule has 0 aromatic heterocycles. The van der Waals surface area contributed by atoms with Gasteiger partial charge in [0.05, 0.1) is 5.54 Å². The van der Waals surface area contributed by atoms with Gasteiger partial charge in [-0.05, 0) is 18.9 Å². The third-order valence-electron chi connectivity index (χ3n) is 3.18. The second-order valence-electron chi connectivity index (χ2n) is 3.84. The Bertz CT molecular complexity index is 274. The second-order valence-corrected chi connectivity index (χ2v) is 3.84. The van der Waals surface area contributed by atoms with Crippen molar-refractivity contribution in [3.63, 3.8) is 0 Å². The van der Waals surface area contributed by atoms with Crippen molar-refractivity contribution < 1.29 is 9.53 Å². The van der Waals surface area contributed by atoms with Crippen molar-refractivity contribution in [2.45, 2.75) is 30.9 Å². The molecule has 2 heterocycles. The number of carbonyl (C=O) groups is 1. The molecule has 2 aliphatic heterocycles. The Hall–Kier alpha value is -0.990. The first-order valence-electron chi connectivity index (χ1n) is 4.48. The van der Waals surface area contributed by atoms with Gasteiger partial charge < -0.3 is 4.74 Å². The van der Waals surface area contributed by atoms with Gasteiger partial charge in [0, 0.05) is 13.0 Å². The SMILES string of the molecule is O=C1OC2C=C[C@@]3(CCCN13)C2. The van der Waals surface area contributed by atoms with Gasteiger partial charge in [0.1, 0.15) is 6.10 Å². The molecule has 2 saturated heterocycles. The Labute approximate surface area is 71.0 Å². The predicted molar refractivity (Wildman–Crippen MR) is 42.7 cm³/mol. The maximum absolute atomic E-state index is 11.4. The van der Waals surface area contributed by atoms with Crippen LogP contribution in [0.4, 0.5) is 4.79 Å². The molecule has 0 radical (unpaired) electrons. The largest absolute Gasteiger partial charge is 0.442 e. The first-order valence-corrected chi connectivity index (χ1v) is 4.48. The quantitative estimate of drug-likeness (QED) is 0.506. The molecule has 0 N–H and O–H groups in total. The van der Waals surface area contributed by atoms with Crippen LogP contribution in [0.5, 0.6) is 0 Å². The summed E-state index contributed by atoms with van der Waals surface area (Å²) >= 11 is 0. The molecule has 0 aromatic carbocycles. The lowest BCUT2D eigenvalue weighted by Crippen LogP contribution is -2.50. The zero-order valence-corrected chi connectivity index (χ0v) is 6.82. The number of rotatable bonds is 0. The van der Waals surface area contributed by atoms with Crippen molar-refractivity contribution in [3.8, 4) is 0 Å². The van der Waals surface area contributed by atoms with Gasteiger partial charge >= 0.3 is 6.09 Å². The lowest BCUT2D eigenvalue weighted by molar-refractivity contribution is 0.0199. The van der Waals surface area contributed by atoms with Crippen LogP contribution < -0.4 is 0 Å². The molecule has 0 aromatic rings. The monoisotopic (exact) mass is 165 g/mol. The zero-order chi connectivity index (χ0) is 8.18. The average Bonchev–Trinajstić information content (AvgIpc) is 2.59. The summed E-state index contributed by atoms with van der Waals surface area (Å²) in [6, 6.07) is 0. The maximum atomic E-state index is 11.4. The highest BCUT2D eigenvalue weighted by Gasteiger charge is 2.51. The molecule has 3 aliphatic rings. The van der Waals surface area contributed by atoms with Gasteiger partial charge in [-0.25, -0.2) is 4.79 Å². The van der Waals surface area contributed by atoms with Gasteiger partial charge in [0.2, 0.25) is 0 Å². The number of ether oxygens (including phenoxy) is 1.